The van der Waals surface area contributed by atoms with Gasteiger partial charge in [0.05, 0.1) is 30.6 Å². The van der Waals surface area contributed by atoms with Gasteiger partial charge in [-0.2, -0.15) is 0 Å². The second kappa shape index (κ2) is 16.7. The molecule has 0 spiro atoms. The molecule has 2 heterocycles. The highest BCUT2D eigenvalue weighted by molar-refractivity contribution is 6.07. The SMILES string of the molecule is CCCCCC(=O)OC/N=C(\N)c1ccc(NCc2nc3cc(C(=O)N(CCC(=O)OCC)c4ccccn4)ccc3n2C)cc1. The van der Waals surface area contributed by atoms with Gasteiger partial charge in [-0.05, 0) is 67.9 Å². The summed E-state index contributed by atoms with van der Waals surface area (Å²) in [5, 5.41) is 3.37. The van der Waals surface area contributed by atoms with Crippen molar-refractivity contribution in [1.29, 1.82) is 0 Å². The fraction of sp³-hybridized carbons (Fsp3) is 0.353. The molecule has 2 aromatic carbocycles. The van der Waals surface area contributed by atoms with Crippen LogP contribution in [-0.2, 0) is 32.7 Å². The molecule has 4 aromatic rings. The Bertz CT molecular complexity index is 1650. The first kappa shape index (κ1) is 33.6. The van der Waals surface area contributed by atoms with E-state index in [4.69, 9.17) is 20.2 Å². The van der Waals surface area contributed by atoms with E-state index in [0.717, 1.165) is 41.9 Å². The summed E-state index contributed by atoms with van der Waals surface area (Å²) in [6.07, 6.45) is 4.88. The van der Waals surface area contributed by atoms with E-state index in [1.165, 1.54) is 4.90 Å². The highest BCUT2D eigenvalue weighted by atomic mass is 16.5. The minimum absolute atomic E-state index is 0.0484. The first-order valence-corrected chi connectivity index (χ1v) is 15.4. The average Bonchev–Trinajstić information content (AvgIpc) is 3.38. The van der Waals surface area contributed by atoms with Gasteiger partial charge in [0.15, 0.2) is 6.73 Å². The Kier molecular flexibility index (Phi) is 12.2. The molecule has 0 aliphatic rings. The van der Waals surface area contributed by atoms with Crippen LogP contribution in [0, 0.1) is 0 Å². The van der Waals surface area contributed by atoms with E-state index in [1.807, 2.05) is 41.9 Å². The largest absolute Gasteiger partial charge is 0.466 e. The third-order valence-electron chi connectivity index (χ3n) is 7.31. The summed E-state index contributed by atoms with van der Waals surface area (Å²) in [6.45, 7) is 4.56. The number of amidine groups is 1. The van der Waals surface area contributed by atoms with Crippen LogP contribution in [0.3, 0.4) is 0 Å². The summed E-state index contributed by atoms with van der Waals surface area (Å²) >= 11 is 0. The zero-order valence-electron chi connectivity index (χ0n) is 26.6. The van der Waals surface area contributed by atoms with Gasteiger partial charge in [-0.25, -0.2) is 15.0 Å². The maximum atomic E-state index is 13.6. The van der Waals surface area contributed by atoms with Gasteiger partial charge in [-0.1, -0.05) is 25.8 Å². The Morgan fingerprint density at radius 3 is 2.43 bits per heavy atom. The van der Waals surface area contributed by atoms with Gasteiger partial charge >= 0.3 is 11.9 Å². The molecule has 3 N–H and O–H groups in total. The molecule has 0 aliphatic heterocycles. The zero-order chi connectivity index (χ0) is 32.9. The van der Waals surface area contributed by atoms with Crippen LogP contribution in [-0.4, -0.2) is 58.1 Å². The number of nitrogens with one attached hydrogen (secondary N) is 1. The van der Waals surface area contributed by atoms with Crippen molar-refractivity contribution >= 4 is 46.2 Å². The molecule has 0 atom stereocenters. The van der Waals surface area contributed by atoms with Gasteiger partial charge in [0.1, 0.15) is 17.5 Å². The molecule has 4 rings (SSSR count). The summed E-state index contributed by atoms with van der Waals surface area (Å²) in [6, 6.07) is 18.1. The number of ether oxygens (including phenoxy) is 2. The lowest BCUT2D eigenvalue weighted by molar-refractivity contribution is -0.144. The maximum Gasteiger partial charge on any atom is 0.307 e. The number of carbonyl (C=O) groups excluding carboxylic acids is 3. The Labute approximate surface area is 268 Å². The number of hydrogen-bond donors (Lipinski definition) is 2. The molecule has 0 saturated carbocycles. The summed E-state index contributed by atoms with van der Waals surface area (Å²) < 4.78 is 12.2. The number of aryl methyl sites for hydroxylation is 1. The van der Waals surface area contributed by atoms with Crippen LogP contribution in [0.2, 0.25) is 0 Å². The molecule has 0 radical (unpaired) electrons. The predicted octanol–water partition coefficient (Wildman–Crippen LogP) is 4.97. The van der Waals surface area contributed by atoms with Crippen LogP contribution in [0.25, 0.3) is 11.0 Å². The Hall–Kier alpha value is -5.26. The number of anilines is 2. The van der Waals surface area contributed by atoms with Crippen LogP contribution < -0.4 is 16.0 Å². The second-order valence-electron chi connectivity index (χ2n) is 10.6. The van der Waals surface area contributed by atoms with Crippen LogP contribution in [0.5, 0.6) is 0 Å². The number of rotatable bonds is 16. The van der Waals surface area contributed by atoms with E-state index in [-0.39, 0.29) is 50.0 Å². The molecule has 46 heavy (non-hydrogen) atoms. The number of fused-ring (bicyclic) bond motifs is 1. The van der Waals surface area contributed by atoms with Crippen molar-refractivity contribution in [3.63, 3.8) is 0 Å². The molecule has 2 aromatic heterocycles. The fourth-order valence-corrected chi connectivity index (χ4v) is 4.76. The predicted molar refractivity (Wildman–Crippen MR) is 177 cm³/mol. The number of aromatic nitrogens is 3. The molecule has 242 valence electrons. The van der Waals surface area contributed by atoms with E-state index in [0.29, 0.717) is 29.9 Å². The van der Waals surface area contributed by atoms with Crippen molar-refractivity contribution in [2.45, 2.75) is 52.5 Å². The third kappa shape index (κ3) is 9.13. The highest BCUT2D eigenvalue weighted by Gasteiger charge is 2.21. The van der Waals surface area contributed by atoms with Crippen molar-refractivity contribution in [3.05, 3.63) is 83.8 Å². The minimum atomic E-state index is -0.379. The van der Waals surface area contributed by atoms with Gasteiger partial charge in [-0.3, -0.25) is 19.3 Å². The van der Waals surface area contributed by atoms with Crippen molar-refractivity contribution < 1.29 is 23.9 Å². The molecule has 0 aliphatic carbocycles. The highest BCUT2D eigenvalue weighted by Crippen LogP contribution is 2.21. The van der Waals surface area contributed by atoms with Crippen molar-refractivity contribution in [2.24, 2.45) is 17.8 Å². The third-order valence-corrected chi connectivity index (χ3v) is 7.31. The number of nitrogens with two attached hydrogens (primary N) is 1. The number of pyridine rings is 1. The van der Waals surface area contributed by atoms with E-state index in [9.17, 15) is 14.4 Å². The van der Waals surface area contributed by atoms with Gasteiger partial charge in [-0.15, -0.1) is 0 Å². The van der Waals surface area contributed by atoms with Crippen LogP contribution in [0.15, 0.2) is 71.9 Å². The molecule has 12 nitrogen and oxygen atoms in total. The van der Waals surface area contributed by atoms with Gasteiger partial charge < -0.3 is 25.1 Å². The summed E-state index contributed by atoms with van der Waals surface area (Å²) in [4.78, 5) is 52.2. The van der Waals surface area contributed by atoms with E-state index < -0.39 is 0 Å². The first-order chi connectivity index (χ1) is 22.3. The Morgan fingerprint density at radius 2 is 1.72 bits per heavy atom. The monoisotopic (exact) mass is 627 g/mol. The molecule has 12 heteroatoms. The average molecular weight is 628 g/mol. The molecular formula is C34H41N7O5. The summed E-state index contributed by atoms with van der Waals surface area (Å²) in [7, 11) is 1.92. The lowest BCUT2D eigenvalue weighted by Gasteiger charge is -2.21. The first-order valence-electron chi connectivity index (χ1n) is 15.4. The molecule has 0 saturated heterocycles. The van der Waals surface area contributed by atoms with Crippen LogP contribution in [0.1, 0.15) is 67.7 Å². The lowest BCUT2D eigenvalue weighted by Crippen LogP contribution is -2.34. The number of esters is 2. The molecule has 0 fully saturated rings. The van der Waals surface area contributed by atoms with Gasteiger partial charge in [0.2, 0.25) is 0 Å². The molecule has 0 bridgehead atoms. The van der Waals surface area contributed by atoms with Crippen molar-refractivity contribution in [1.82, 2.24) is 14.5 Å². The number of benzene rings is 2. The van der Waals surface area contributed by atoms with Crippen LogP contribution >= 0.6 is 0 Å². The number of nitrogens with zero attached hydrogens (tertiary/aromatic N) is 5. The fourth-order valence-electron chi connectivity index (χ4n) is 4.76. The van der Waals surface area contributed by atoms with E-state index in [1.54, 1.807) is 43.5 Å². The van der Waals surface area contributed by atoms with Crippen molar-refractivity contribution in [2.75, 3.05) is 30.1 Å². The second-order valence-corrected chi connectivity index (χ2v) is 10.6. The lowest BCUT2D eigenvalue weighted by atomic mass is 10.1. The van der Waals surface area contributed by atoms with Gasteiger partial charge in [0, 0.05) is 43.0 Å². The normalized spacial score (nSPS) is 11.3. The molecular weight excluding hydrogens is 586 g/mol. The number of unbranched alkanes of at least 4 members (excludes halogenated alkanes) is 2. The van der Waals surface area contributed by atoms with Gasteiger partial charge in [0.25, 0.3) is 5.91 Å². The van der Waals surface area contributed by atoms with Crippen molar-refractivity contribution in [3.8, 4) is 0 Å². The summed E-state index contributed by atoms with van der Waals surface area (Å²) in [5.41, 5.74) is 9.62. The quantitative estimate of drug-likeness (QED) is 0.0759. The van der Waals surface area contributed by atoms with Crippen LogP contribution in [0.4, 0.5) is 11.5 Å². The zero-order valence-corrected chi connectivity index (χ0v) is 26.6. The standard InChI is InChI=1S/C34H41N7O5/c1-4-6-7-11-31(42)46-23-38-33(35)24-12-15-26(16-13-24)37-22-30-39-27-21-25(14-17-28(27)40(30)3)34(44)41(20-18-32(43)45-5-2)29-10-8-9-19-36-29/h8-10,12-17,19,21,37H,4-7,11,18,20,22-23H2,1-3H3,(H2,35,38). The number of aliphatic imine (C=N–C) groups is 1. The number of amides is 1. The molecule has 0 unspecified atom stereocenters. The summed E-state index contributed by atoms with van der Waals surface area (Å²) in [5.74, 6) is 0.569. The molecule has 1 amide bonds. The number of hydrogen-bond acceptors (Lipinski definition) is 9. The number of imidazole rings is 1. The smallest absolute Gasteiger partial charge is 0.307 e. The Morgan fingerprint density at radius 1 is 0.957 bits per heavy atom. The minimum Gasteiger partial charge on any atom is -0.466 e. The van der Waals surface area contributed by atoms with E-state index in [2.05, 4.69) is 22.2 Å². The van der Waals surface area contributed by atoms with E-state index >= 15 is 0 Å². The number of carbonyl (C=O) groups is 3. The Balaban J connectivity index is 1.39. The topological polar surface area (TPSA) is 154 Å². The maximum absolute atomic E-state index is 13.6.